The summed E-state index contributed by atoms with van der Waals surface area (Å²) in [5.74, 6) is 0. The highest BCUT2D eigenvalue weighted by Crippen LogP contribution is 2.05. The van der Waals surface area contributed by atoms with Crippen LogP contribution in [0.1, 0.15) is 44.9 Å². The Morgan fingerprint density at radius 2 is 1.45 bits per heavy atom. The van der Waals surface area contributed by atoms with Gasteiger partial charge in [-0.05, 0) is 6.42 Å². The molecule has 0 saturated heterocycles. The molecule has 0 rings (SSSR count). The molecule has 11 heavy (non-hydrogen) atoms. The van der Waals surface area contributed by atoms with Crippen molar-refractivity contribution in [2.45, 2.75) is 44.9 Å². The molecule has 0 fully saturated rings. The van der Waals surface area contributed by atoms with Crippen LogP contribution in [-0.2, 0) is 0 Å². The van der Waals surface area contributed by atoms with Crippen molar-refractivity contribution >= 4 is 0 Å². The monoisotopic (exact) mass is 155 g/mol. The fraction of sp³-hybridized carbons (Fsp3) is 0.900. The van der Waals surface area contributed by atoms with Crippen molar-refractivity contribution in [1.29, 1.82) is 0 Å². The highest BCUT2D eigenvalue weighted by Gasteiger charge is 1.89. The van der Waals surface area contributed by atoms with E-state index in [2.05, 4.69) is 12.2 Å². The Bertz CT molecular complexity index is 53.9. The second-order valence-corrected chi connectivity index (χ2v) is 3.01. The zero-order valence-corrected chi connectivity index (χ0v) is 7.81. The largest absolute Gasteiger partial charge is 0.245 e. The van der Waals surface area contributed by atoms with Crippen LogP contribution in [0.2, 0.25) is 0 Å². The second-order valence-electron chi connectivity index (χ2n) is 3.01. The quantitative estimate of drug-likeness (QED) is 0.479. The van der Waals surface area contributed by atoms with E-state index in [9.17, 15) is 0 Å². The van der Waals surface area contributed by atoms with Gasteiger partial charge in [0.15, 0.2) is 0 Å². The lowest BCUT2D eigenvalue weighted by Gasteiger charge is -1.99. The number of nitrogens with zero attached hydrogens (tertiary/aromatic N) is 1. The van der Waals surface area contributed by atoms with E-state index in [1.54, 1.807) is 0 Å². The summed E-state index contributed by atoms with van der Waals surface area (Å²) in [5, 5.41) is 4.06. The van der Waals surface area contributed by atoms with Gasteiger partial charge in [0.1, 0.15) is 0 Å². The van der Waals surface area contributed by atoms with Gasteiger partial charge in [0.05, 0.1) is 0 Å². The summed E-state index contributed by atoms with van der Waals surface area (Å²) in [6.07, 6.45) is 9.18. The molecule has 0 heterocycles. The maximum atomic E-state index is 4.06. The van der Waals surface area contributed by atoms with Gasteiger partial charge in [0, 0.05) is 13.6 Å². The van der Waals surface area contributed by atoms with Crippen LogP contribution >= 0.6 is 0 Å². The van der Waals surface area contributed by atoms with Gasteiger partial charge in [-0.2, -0.15) is 0 Å². The van der Waals surface area contributed by atoms with Crippen LogP contribution in [0.4, 0.5) is 0 Å². The van der Waals surface area contributed by atoms with E-state index in [4.69, 9.17) is 0 Å². The summed E-state index contributed by atoms with van der Waals surface area (Å²) in [6, 6.07) is 0. The molecular weight excluding hydrogens is 134 g/mol. The fourth-order valence-electron chi connectivity index (χ4n) is 1.15. The van der Waals surface area contributed by atoms with Crippen LogP contribution in [0, 0.1) is 6.92 Å². The van der Waals surface area contributed by atoms with Crippen molar-refractivity contribution in [3.63, 3.8) is 0 Å². The fourth-order valence-corrected chi connectivity index (χ4v) is 1.15. The highest BCUT2D eigenvalue weighted by atomic mass is 14.8. The molecule has 0 amide bonds. The molecule has 0 aliphatic rings. The van der Waals surface area contributed by atoms with Crippen molar-refractivity contribution in [2.75, 3.05) is 13.6 Å². The normalized spacial score (nSPS) is 10.4. The third kappa shape index (κ3) is 9.96. The first-order chi connectivity index (χ1) is 5.41. The molecule has 0 bridgehead atoms. The highest BCUT2D eigenvalue weighted by molar-refractivity contribution is 4.47. The van der Waals surface area contributed by atoms with Crippen molar-refractivity contribution in [1.82, 2.24) is 5.32 Å². The molecule has 0 aliphatic heterocycles. The molecule has 0 unspecified atom stereocenters. The zero-order valence-electron chi connectivity index (χ0n) is 7.81. The van der Waals surface area contributed by atoms with E-state index in [0.29, 0.717) is 0 Å². The Morgan fingerprint density at radius 3 is 2.00 bits per heavy atom. The topological polar surface area (TPSA) is 14.1 Å². The minimum atomic E-state index is 1.05. The molecule has 0 aromatic carbocycles. The maximum absolute atomic E-state index is 4.06. The van der Waals surface area contributed by atoms with Gasteiger partial charge in [-0.25, -0.2) is 5.32 Å². The van der Waals surface area contributed by atoms with E-state index in [0.717, 1.165) is 13.0 Å². The molecule has 0 saturated carbocycles. The minimum absolute atomic E-state index is 1.05. The van der Waals surface area contributed by atoms with Crippen LogP contribution in [0.3, 0.4) is 0 Å². The molecule has 66 valence electrons. The number of hydrogen-bond acceptors (Lipinski definition) is 0. The molecule has 1 nitrogen and oxygen atoms in total. The first kappa shape index (κ1) is 11.0. The molecular formula is C10H21N. The van der Waals surface area contributed by atoms with Crippen LogP contribution in [0.5, 0.6) is 0 Å². The van der Waals surface area contributed by atoms with E-state index in [1.807, 2.05) is 7.05 Å². The lowest BCUT2D eigenvalue weighted by molar-refractivity contribution is 0.581. The summed E-state index contributed by atoms with van der Waals surface area (Å²) in [7, 11) is 1.89. The van der Waals surface area contributed by atoms with Gasteiger partial charge >= 0.3 is 0 Å². The van der Waals surface area contributed by atoms with E-state index in [-0.39, 0.29) is 0 Å². The van der Waals surface area contributed by atoms with Gasteiger partial charge in [0.25, 0.3) is 0 Å². The average molecular weight is 155 g/mol. The summed E-state index contributed by atoms with van der Waals surface area (Å²) >= 11 is 0. The predicted octanol–water partition coefficient (Wildman–Crippen LogP) is 2.79. The summed E-state index contributed by atoms with van der Waals surface area (Å²) < 4.78 is 0. The molecule has 1 heteroatoms. The van der Waals surface area contributed by atoms with E-state index in [1.165, 1.54) is 38.5 Å². The Hall–Kier alpha value is -0.0400. The molecule has 2 radical (unpaired) electrons. The van der Waals surface area contributed by atoms with Crippen molar-refractivity contribution in [3.05, 3.63) is 6.92 Å². The predicted molar refractivity (Wildman–Crippen MR) is 50.6 cm³/mol. The Balaban J connectivity index is 2.69. The van der Waals surface area contributed by atoms with Gasteiger partial charge in [-0.3, -0.25) is 0 Å². The van der Waals surface area contributed by atoms with Crippen molar-refractivity contribution in [3.8, 4) is 0 Å². The van der Waals surface area contributed by atoms with Crippen LogP contribution in [-0.4, -0.2) is 13.6 Å². The lowest BCUT2D eigenvalue weighted by Crippen LogP contribution is -1.98. The van der Waals surface area contributed by atoms with Gasteiger partial charge in [0.2, 0.25) is 0 Å². The van der Waals surface area contributed by atoms with E-state index >= 15 is 0 Å². The molecule has 0 aromatic rings. The Kier molecular flexibility index (Phi) is 9.92. The van der Waals surface area contributed by atoms with Crippen molar-refractivity contribution in [2.24, 2.45) is 0 Å². The van der Waals surface area contributed by atoms with Crippen LogP contribution < -0.4 is 5.32 Å². The smallest absolute Gasteiger partial charge is 0.0130 e. The average Bonchev–Trinajstić information content (AvgIpc) is 2.03. The standard InChI is InChI=1S/C10H21N/c1-3-4-5-6-7-8-9-10-11-2/h1,3-10H2,2H3. The zero-order chi connectivity index (χ0) is 8.36. The number of rotatable bonds is 8. The SMILES string of the molecule is [CH2]CCCCCCCC[N]C. The first-order valence-corrected chi connectivity index (χ1v) is 4.76. The molecule has 0 N–H and O–H groups in total. The number of hydrogen-bond donors (Lipinski definition) is 0. The van der Waals surface area contributed by atoms with Gasteiger partial charge in [-0.1, -0.05) is 45.4 Å². The number of unbranched alkanes of at least 4 members (excludes halogenated alkanes) is 6. The summed E-state index contributed by atoms with van der Waals surface area (Å²) in [4.78, 5) is 0. The molecule has 0 spiro atoms. The molecule has 0 aliphatic carbocycles. The Labute approximate surface area is 71.6 Å². The summed E-state index contributed by atoms with van der Waals surface area (Å²) in [6.45, 7) is 4.87. The van der Waals surface area contributed by atoms with E-state index < -0.39 is 0 Å². The van der Waals surface area contributed by atoms with Gasteiger partial charge in [-0.15, -0.1) is 0 Å². The maximum Gasteiger partial charge on any atom is 0.0130 e. The Morgan fingerprint density at radius 1 is 0.909 bits per heavy atom. The minimum Gasteiger partial charge on any atom is -0.245 e. The van der Waals surface area contributed by atoms with Crippen LogP contribution in [0.25, 0.3) is 0 Å². The molecule has 0 atom stereocenters. The lowest BCUT2D eigenvalue weighted by atomic mass is 10.1. The third-order valence-corrected chi connectivity index (χ3v) is 1.88. The summed E-state index contributed by atoms with van der Waals surface area (Å²) in [5.41, 5.74) is 0. The van der Waals surface area contributed by atoms with Crippen LogP contribution in [0.15, 0.2) is 0 Å². The van der Waals surface area contributed by atoms with Crippen molar-refractivity contribution < 1.29 is 0 Å². The second kappa shape index (κ2) is 9.96. The first-order valence-electron chi connectivity index (χ1n) is 4.76. The molecule has 0 aromatic heterocycles. The third-order valence-electron chi connectivity index (χ3n) is 1.88. The van der Waals surface area contributed by atoms with Gasteiger partial charge < -0.3 is 0 Å².